The molecule has 0 aliphatic carbocycles. The standard InChI is InChI=1S/C11H17ClN4O/c1-3-8-7-17-5-4-16(8)10-9(12)6-14-11(13-2)15-10/h6,8H,3-5,7H2,1-2H3,(H,13,14,15). The lowest BCUT2D eigenvalue weighted by molar-refractivity contribution is 0.0926. The fourth-order valence-corrected chi connectivity index (χ4v) is 2.15. The summed E-state index contributed by atoms with van der Waals surface area (Å²) in [5, 5.41) is 3.52. The number of halogens is 1. The second kappa shape index (κ2) is 5.51. The van der Waals surface area contributed by atoms with Gasteiger partial charge in [0.1, 0.15) is 5.02 Å². The molecule has 1 fully saturated rings. The molecule has 1 saturated heterocycles. The van der Waals surface area contributed by atoms with Crippen LogP contribution in [-0.2, 0) is 4.74 Å². The molecule has 5 nitrogen and oxygen atoms in total. The first-order chi connectivity index (χ1) is 8.26. The van der Waals surface area contributed by atoms with E-state index in [9.17, 15) is 0 Å². The first kappa shape index (κ1) is 12.4. The number of nitrogens with one attached hydrogen (secondary N) is 1. The first-order valence-electron chi connectivity index (χ1n) is 5.81. The summed E-state index contributed by atoms with van der Waals surface area (Å²) in [6.07, 6.45) is 2.65. The highest BCUT2D eigenvalue weighted by atomic mass is 35.5. The smallest absolute Gasteiger partial charge is 0.224 e. The van der Waals surface area contributed by atoms with Gasteiger partial charge in [-0.2, -0.15) is 4.98 Å². The van der Waals surface area contributed by atoms with Gasteiger partial charge in [0.15, 0.2) is 5.82 Å². The van der Waals surface area contributed by atoms with Crippen molar-refractivity contribution >= 4 is 23.4 Å². The van der Waals surface area contributed by atoms with Crippen LogP contribution in [-0.4, -0.2) is 42.8 Å². The summed E-state index contributed by atoms with van der Waals surface area (Å²) in [6.45, 7) is 4.40. The highest BCUT2D eigenvalue weighted by molar-refractivity contribution is 6.32. The molecule has 2 rings (SSSR count). The van der Waals surface area contributed by atoms with Gasteiger partial charge in [0.2, 0.25) is 5.95 Å². The molecule has 1 aromatic heterocycles. The van der Waals surface area contributed by atoms with Crippen LogP contribution < -0.4 is 10.2 Å². The summed E-state index contributed by atoms with van der Waals surface area (Å²) in [4.78, 5) is 10.7. The number of nitrogens with zero attached hydrogens (tertiary/aromatic N) is 3. The molecule has 1 N–H and O–H groups in total. The molecule has 94 valence electrons. The number of anilines is 2. The Bertz CT molecular complexity index is 388. The number of ether oxygens (including phenoxy) is 1. The zero-order valence-electron chi connectivity index (χ0n) is 10.1. The summed E-state index contributed by atoms with van der Waals surface area (Å²) >= 11 is 6.17. The lowest BCUT2D eigenvalue weighted by atomic mass is 10.2. The van der Waals surface area contributed by atoms with E-state index in [1.807, 2.05) is 0 Å². The fraction of sp³-hybridized carbons (Fsp3) is 0.636. The normalized spacial score (nSPS) is 20.4. The number of morpholine rings is 1. The number of hydrogen-bond acceptors (Lipinski definition) is 5. The third-order valence-electron chi connectivity index (χ3n) is 2.92. The summed E-state index contributed by atoms with van der Waals surface area (Å²) in [6, 6.07) is 0.334. The van der Waals surface area contributed by atoms with Gasteiger partial charge >= 0.3 is 0 Å². The minimum Gasteiger partial charge on any atom is -0.377 e. The highest BCUT2D eigenvalue weighted by Crippen LogP contribution is 2.27. The van der Waals surface area contributed by atoms with Crippen LogP contribution in [0.1, 0.15) is 13.3 Å². The molecule has 1 unspecified atom stereocenters. The van der Waals surface area contributed by atoms with E-state index in [-0.39, 0.29) is 0 Å². The van der Waals surface area contributed by atoms with E-state index in [2.05, 4.69) is 27.1 Å². The van der Waals surface area contributed by atoms with E-state index >= 15 is 0 Å². The van der Waals surface area contributed by atoms with E-state index in [1.165, 1.54) is 0 Å². The predicted octanol–water partition coefficient (Wildman–Crippen LogP) is 1.79. The van der Waals surface area contributed by atoms with Crippen LogP contribution in [0.25, 0.3) is 0 Å². The molecular weight excluding hydrogens is 240 g/mol. The van der Waals surface area contributed by atoms with Crippen LogP contribution in [0.4, 0.5) is 11.8 Å². The highest BCUT2D eigenvalue weighted by Gasteiger charge is 2.24. The van der Waals surface area contributed by atoms with Crippen LogP contribution in [0.3, 0.4) is 0 Å². The maximum atomic E-state index is 6.17. The van der Waals surface area contributed by atoms with Crippen LogP contribution in [0.5, 0.6) is 0 Å². The Morgan fingerprint density at radius 1 is 1.65 bits per heavy atom. The fourth-order valence-electron chi connectivity index (χ4n) is 1.95. The molecule has 1 aromatic rings. The topological polar surface area (TPSA) is 50.3 Å². The summed E-state index contributed by atoms with van der Waals surface area (Å²) < 4.78 is 5.48. The Morgan fingerprint density at radius 3 is 3.18 bits per heavy atom. The zero-order chi connectivity index (χ0) is 12.3. The van der Waals surface area contributed by atoms with Gasteiger partial charge in [0, 0.05) is 13.6 Å². The van der Waals surface area contributed by atoms with Crippen LogP contribution in [0, 0.1) is 0 Å². The molecule has 0 radical (unpaired) electrons. The molecule has 0 amide bonds. The average Bonchev–Trinajstić information content (AvgIpc) is 2.39. The van der Waals surface area contributed by atoms with Gasteiger partial charge in [-0.1, -0.05) is 18.5 Å². The van der Waals surface area contributed by atoms with E-state index in [4.69, 9.17) is 16.3 Å². The van der Waals surface area contributed by atoms with Crippen molar-refractivity contribution in [2.45, 2.75) is 19.4 Å². The van der Waals surface area contributed by atoms with Crippen LogP contribution in [0.15, 0.2) is 6.20 Å². The van der Waals surface area contributed by atoms with Gasteiger partial charge in [-0.25, -0.2) is 4.98 Å². The number of hydrogen-bond donors (Lipinski definition) is 1. The molecule has 1 aliphatic rings. The molecule has 17 heavy (non-hydrogen) atoms. The van der Waals surface area contributed by atoms with Crippen molar-refractivity contribution in [2.24, 2.45) is 0 Å². The molecule has 1 aliphatic heterocycles. The number of aromatic nitrogens is 2. The molecular formula is C11H17ClN4O. The molecule has 6 heteroatoms. The molecule has 0 spiro atoms. The minimum atomic E-state index is 0.334. The van der Waals surface area contributed by atoms with Gasteiger partial charge in [-0.15, -0.1) is 0 Å². The molecule has 2 heterocycles. The largest absolute Gasteiger partial charge is 0.377 e. The third-order valence-corrected chi connectivity index (χ3v) is 3.19. The first-order valence-corrected chi connectivity index (χ1v) is 6.18. The van der Waals surface area contributed by atoms with E-state index in [1.54, 1.807) is 13.2 Å². The van der Waals surface area contributed by atoms with Crippen molar-refractivity contribution in [3.63, 3.8) is 0 Å². The lowest BCUT2D eigenvalue weighted by Crippen LogP contribution is -2.45. The van der Waals surface area contributed by atoms with Crippen LogP contribution >= 0.6 is 11.6 Å². The molecule has 0 aromatic carbocycles. The molecule has 1 atom stereocenters. The van der Waals surface area contributed by atoms with Crippen molar-refractivity contribution in [3.05, 3.63) is 11.2 Å². The minimum absolute atomic E-state index is 0.334. The van der Waals surface area contributed by atoms with Crippen molar-refractivity contribution in [1.29, 1.82) is 0 Å². The summed E-state index contributed by atoms with van der Waals surface area (Å²) in [5.74, 6) is 1.38. The Hall–Kier alpha value is -1.07. The predicted molar refractivity (Wildman–Crippen MR) is 68.8 cm³/mol. The van der Waals surface area contributed by atoms with E-state index < -0.39 is 0 Å². The second-order valence-electron chi connectivity index (χ2n) is 3.95. The lowest BCUT2D eigenvalue weighted by Gasteiger charge is -2.36. The van der Waals surface area contributed by atoms with Crippen molar-refractivity contribution in [2.75, 3.05) is 37.0 Å². The van der Waals surface area contributed by atoms with Crippen molar-refractivity contribution in [3.8, 4) is 0 Å². The maximum absolute atomic E-state index is 6.17. The third kappa shape index (κ3) is 2.61. The monoisotopic (exact) mass is 256 g/mol. The molecule has 0 saturated carbocycles. The second-order valence-corrected chi connectivity index (χ2v) is 4.35. The van der Waals surface area contributed by atoms with E-state index in [0.717, 1.165) is 25.4 Å². The van der Waals surface area contributed by atoms with Gasteiger partial charge < -0.3 is 15.0 Å². The van der Waals surface area contributed by atoms with Crippen LogP contribution in [0.2, 0.25) is 5.02 Å². The summed E-state index contributed by atoms with van der Waals surface area (Å²) in [5.41, 5.74) is 0. The van der Waals surface area contributed by atoms with Gasteiger partial charge in [0.05, 0.1) is 25.5 Å². The Kier molecular flexibility index (Phi) is 4.02. The SMILES string of the molecule is CCC1COCCN1c1nc(NC)ncc1Cl. The maximum Gasteiger partial charge on any atom is 0.224 e. The quantitative estimate of drug-likeness (QED) is 0.894. The average molecular weight is 257 g/mol. The van der Waals surface area contributed by atoms with Gasteiger partial charge in [0.25, 0.3) is 0 Å². The number of rotatable bonds is 3. The van der Waals surface area contributed by atoms with Gasteiger partial charge in [-0.05, 0) is 6.42 Å². The Labute approximate surface area is 106 Å². The Morgan fingerprint density at radius 2 is 2.47 bits per heavy atom. The zero-order valence-corrected chi connectivity index (χ0v) is 10.9. The van der Waals surface area contributed by atoms with Gasteiger partial charge in [-0.3, -0.25) is 0 Å². The van der Waals surface area contributed by atoms with E-state index in [0.29, 0.717) is 23.6 Å². The molecule has 0 bridgehead atoms. The Balaban J connectivity index is 2.30. The van der Waals surface area contributed by atoms with Crippen molar-refractivity contribution in [1.82, 2.24) is 9.97 Å². The summed E-state index contributed by atoms with van der Waals surface area (Å²) in [7, 11) is 1.80. The van der Waals surface area contributed by atoms with Crippen molar-refractivity contribution < 1.29 is 4.74 Å².